The predicted octanol–water partition coefficient (Wildman–Crippen LogP) is 22.4. The van der Waals surface area contributed by atoms with E-state index in [9.17, 15) is 14.4 Å². The number of carbonyl (C=O) groups is 3. The fourth-order valence-corrected chi connectivity index (χ4v) is 10.4. The van der Waals surface area contributed by atoms with Crippen molar-refractivity contribution in [3.8, 4) is 0 Å². The first-order valence-electron chi connectivity index (χ1n) is 33.3. The lowest BCUT2D eigenvalue weighted by Gasteiger charge is -2.18. The molecule has 73 heavy (non-hydrogen) atoms. The molecule has 0 fully saturated rings. The third-order valence-electron chi connectivity index (χ3n) is 15.8. The summed E-state index contributed by atoms with van der Waals surface area (Å²) < 4.78 is 17.0. The van der Waals surface area contributed by atoms with E-state index >= 15 is 0 Å². The van der Waals surface area contributed by atoms with Crippen LogP contribution < -0.4 is 0 Å². The first-order chi connectivity index (χ1) is 35.8. The lowest BCUT2D eigenvalue weighted by atomic mass is 9.99. The fourth-order valence-electron chi connectivity index (χ4n) is 10.4. The minimum Gasteiger partial charge on any atom is -0.462 e. The molecule has 0 aliphatic rings. The van der Waals surface area contributed by atoms with Gasteiger partial charge in [-0.1, -0.05) is 343 Å². The molecular formula is C67H130O6. The Bertz CT molecular complexity index is 1120. The molecule has 0 radical (unpaired) electrons. The number of hydrogen-bond acceptors (Lipinski definition) is 6. The number of unbranched alkanes of at least 4 members (excludes halogenated alkanes) is 45. The van der Waals surface area contributed by atoms with E-state index in [4.69, 9.17) is 14.2 Å². The lowest BCUT2D eigenvalue weighted by Crippen LogP contribution is -2.30. The molecule has 0 aromatic heterocycles. The van der Waals surface area contributed by atoms with Gasteiger partial charge >= 0.3 is 17.9 Å². The molecule has 434 valence electrons. The Hall–Kier alpha value is -1.59. The van der Waals surface area contributed by atoms with Crippen LogP contribution in [0.4, 0.5) is 0 Å². The molecule has 6 nitrogen and oxygen atoms in total. The summed E-state index contributed by atoms with van der Waals surface area (Å²) >= 11 is 0. The summed E-state index contributed by atoms with van der Waals surface area (Å²) in [4.78, 5) is 38.4. The standard InChI is InChI=1S/C67H130O6/c1-6-8-9-10-11-12-13-14-15-21-27-32-37-42-47-52-57-65(68)71-60-64(61-72-66(69)58-53-48-43-38-33-28-24-23-26-31-36-41-46-51-56-63(5)7-2)73-67(70)59-54-49-44-39-34-29-22-19-17-16-18-20-25-30-35-40-45-50-55-62(3)4/h62-64H,6-61H2,1-5H3/t63?,64-/m0/s1. The summed E-state index contributed by atoms with van der Waals surface area (Å²) in [6.07, 6.45) is 66.7. The molecule has 0 aliphatic carbocycles. The maximum Gasteiger partial charge on any atom is 0.306 e. The summed E-state index contributed by atoms with van der Waals surface area (Å²) in [5.74, 6) is 0.926. The van der Waals surface area contributed by atoms with Crippen molar-refractivity contribution in [3.63, 3.8) is 0 Å². The molecule has 0 amide bonds. The van der Waals surface area contributed by atoms with E-state index in [0.717, 1.165) is 69.6 Å². The molecule has 0 heterocycles. The fraction of sp³-hybridized carbons (Fsp3) is 0.955. The van der Waals surface area contributed by atoms with Gasteiger partial charge < -0.3 is 14.2 Å². The average molecular weight is 1030 g/mol. The zero-order chi connectivity index (χ0) is 53.2. The van der Waals surface area contributed by atoms with Crippen molar-refractivity contribution in [3.05, 3.63) is 0 Å². The third kappa shape index (κ3) is 59.5. The molecule has 0 aliphatic heterocycles. The Labute approximate surface area is 457 Å². The number of hydrogen-bond donors (Lipinski definition) is 0. The van der Waals surface area contributed by atoms with Crippen molar-refractivity contribution in [2.75, 3.05) is 13.2 Å². The van der Waals surface area contributed by atoms with E-state index in [-0.39, 0.29) is 31.1 Å². The van der Waals surface area contributed by atoms with Crippen molar-refractivity contribution in [1.82, 2.24) is 0 Å². The summed E-state index contributed by atoms with van der Waals surface area (Å²) in [5, 5.41) is 0. The second-order valence-electron chi connectivity index (χ2n) is 23.8. The number of ether oxygens (including phenoxy) is 3. The minimum absolute atomic E-state index is 0.0615. The summed E-state index contributed by atoms with van der Waals surface area (Å²) in [7, 11) is 0. The SMILES string of the molecule is CCCCCCCCCCCCCCCCCCC(=O)OC[C@@H](COC(=O)CCCCCCCCCCCCCCCCC(C)CC)OC(=O)CCCCCCCCCCCCCCCCCCCCC(C)C. The lowest BCUT2D eigenvalue weighted by molar-refractivity contribution is -0.167. The van der Waals surface area contributed by atoms with Gasteiger partial charge in [-0.15, -0.1) is 0 Å². The summed E-state index contributed by atoms with van der Waals surface area (Å²) in [6, 6.07) is 0. The normalized spacial score (nSPS) is 12.4. The highest BCUT2D eigenvalue weighted by molar-refractivity contribution is 5.71. The molecule has 0 saturated carbocycles. The van der Waals surface area contributed by atoms with Crippen molar-refractivity contribution in [2.24, 2.45) is 11.8 Å². The first kappa shape index (κ1) is 71.4. The molecule has 0 bridgehead atoms. The largest absolute Gasteiger partial charge is 0.462 e. The van der Waals surface area contributed by atoms with Gasteiger partial charge in [-0.2, -0.15) is 0 Å². The van der Waals surface area contributed by atoms with E-state index in [2.05, 4.69) is 34.6 Å². The first-order valence-corrected chi connectivity index (χ1v) is 33.3. The van der Waals surface area contributed by atoms with Crippen LogP contribution >= 0.6 is 0 Å². The summed E-state index contributed by atoms with van der Waals surface area (Å²) in [5.41, 5.74) is 0. The van der Waals surface area contributed by atoms with Crippen LogP contribution in [0.15, 0.2) is 0 Å². The van der Waals surface area contributed by atoms with E-state index in [0.29, 0.717) is 19.3 Å². The van der Waals surface area contributed by atoms with E-state index < -0.39 is 6.10 Å². The van der Waals surface area contributed by atoms with Crippen molar-refractivity contribution in [2.45, 2.75) is 387 Å². The van der Waals surface area contributed by atoms with Gasteiger partial charge in [0.15, 0.2) is 6.10 Å². The van der Waals surface area contributed by atoms with Crippen LogP contribution in [-0.2, 0) is 28.6 Å². The van der Waals surface area contributed by atoms with Gasteiger partial charge in [0.25, 0.3) is 0 Å². The molecular weight excluding hydrogens is 901 g/mol. The van der Waals surface area contributed by atoms with Gasteiger partial charge in [-0.3, -0.25) is 14.4 Å². The second-order valence-corrected chi connectivity index (χ2v) is 23.8. The molecule has 0 aromatic carbocycles. The van der Waals surface area contributed by atoms with Gasteiger partial charge in [-0.05, 0) is 31.1 Å². The smallest absolute Gasteiger partial charge is 0.306 e. The highest BCUT2D eigenvalue weighted by Crippen LogP contribution is 2.20. The van der Waals surface area contributed by atoms with Gasteiger partial charge in [0, 0.05) is 19.3 Å². The quantitative estimate of drug-likeness (QED) is 0.0343. The van der Waals surface area contributed by atoms with Crippen LogP contribution in [0.2, 0.25) is 0 Å². The maximum absolute atomic E-state index is 12.9. The molecule has 0 N–H and O–H groups in total. The third-order valence-corrected chi connectivity index (χ3v) is 15.8. The zero-order valence-corrected chi connectivity index (χ0v) is 50.3. The van der Waals surface area contributed by atoms with Gasteiger partial charge in [-0.25, -0.2) is 0 Å². The molecule has 0 spiro atoms. The van der Waals surface area contributed by atoms with Crippen LogP contribution in [0.1, 0.15) is 381 Å². The van der Waals surface area contributed by atoms with Crippen LogP contribution in [0, 0.1) is 11.8 Å². The van der Waals surface area contributed by atoms with Gasteiger partial charge in [0.2, 0.25) is 0 Å². The molecule has 0 rings (SSSR count). The van der Waals surface area contributed by atoms with Crippen LogP contribution in [0.3, 0.4) is 0 Å². The topological polar surface area (TPSA) is 78.9 Å². The van der Waals surface area contributed by atoms with E-state index in [1.165, 1.54) is 270 Å². The maximum atomic E-state index is 12.9. The highest BCUT2D eigenvalue weighted by atomic mass is 16.6. The summed E-state index contributed by atoms with van der Waals surface area (Å²) in [6.45, 7) is 11.5. The van der Waals surface area contributed by atoms with Crippen LogP contribution in [0.25, 0.3) is 0 Å². The second kappa shape index (κ2) is 59.7. The molecule has 6 heteroatoms. The Balaban J connectivity index is 4.28. The molecule has 0 saturated heterocycles. The molecule has 1 unspecified atom stereocenters. The number of carbonyl (C=O) groups excluding carboxylic acids is 3. The van der Waals surface area contributed by atoms with Crippen molar-refractivity contribution in [1.29, 1.82) is 0 Å². The Morgan fingerprint density at radius 1 is 0.288 bits per heavy atom. The Morgan fingerprint density at radius 2 is 0.521 bits per heavy atom. The predicted molar refractivity (Wildman–Crippen MR) is 316 cm³/mol. The Morgan fingerprint density at radius 3 is 0.781 bits per heavy atom. The molecule has 0 aromatic rings. The Kier molecular flexibility index (Phi) is 58.4. The number of rotatable bonds is 61. The van der Waals surface area contributed by atoms with E-state index in [1.807, 2.05) is 0 Å². The van der Waals surface area contributed by atoms with E-state index in [1.54, 1.807) is 0 Å². The van der Waals surface area contributed by atoms with Crippen LogP contribution in [-0.4, -0.2) is 37.2 Å². The monoisotopic (exact) mass is 1030 g/mol. The zero-order valence-electron chi connectivity index (χ0n) is 50.3. The van der Waals surface area contributed by atoms with Crippen LogP contribution in [0.5, 0.6) is 0 Å². The number of esters is 3. The average Bonchev–Trinajstić information content (AvgIpc) is 3.38. The minimum atomic E-state index is -0.764. The van der Waals surface area contributed by atoms with Crippen molar-refractivity contribution >= 4 is 17.9 Å². The molecule has 2 atom stereocenters. The van der Waals surface area contributed by atoms with Gasteiger partial charge in [0.1, 0.15) is 13.2 Å². The van der Waals surface area contributed by atoms with Crippen molar-refractivity contribution < 1.29 is 28.6 Å². The highest BCUT2D eigenvalue weighted by Gasteiger charge is 2.19. The van der Waals surface area contributed by atoms with Gasteiger partial charge in [0.05, 0.1) is 0 Å².